The first-order valence-corrected chi connectivity index (χ1v) is 4.73. The molecule has 4 nitrogen and oxygen atoms in total. The summed E-state index contributed by atoms with van der Waals surface area (Å²) in [5.41, 5.74) is 6.76. The number of hydrogen-bond acceptors (Lipinski definition) is 4. The maximum atomic E-state index is 5.80. The number of rotatable bonds is 3. The van der Waals surface area contributed by atoms with E-state index in [4.69, 9.17) is 10.3 Å². The molecule has 3 N–H and O–H groups in total. The summed E-state index contributed by atoms with van der Waals surface area (Å²) in [6.07, 6.45) is 4.99. The van der Waals surface area contributed by atoms with Crippen LogP contribution in [0, 0.1) is 0 Å². The van der Waals surface area contributed by atoms with Crippen LogP contribution in [0.15, 0.2) is 16.9 Å². The van der Waals surface area contributed by atoms with Gasteiger partial charge in [-0.05, 0) is 19.3 Å². The second-order valence-corrected chi connectivity index (χ2v) is 3.64. The summed E-state index contributed by atoms with van der Waals surface area (Å²) in [5.74, 6) is 0. The predicted molar refractivity (Wildman–Crippen MR) is 49.0 cm³/mol. The third-order valence-corrected chi connectivity index (χ3v) is 2.54. The molecule has 4 heteroatoms. The Hall–Kier alpha value is -0.870. The molecule has 0 aromatic carbocycles. The fourth-order valence-corrected chi connectivity index (χ4v) is 1.78. The Morgan fingerprint density at radius 2 is 2.54 bits per heavy atom. The fraction of sp³-hybridized carbons (Fsp3) is 0.667. The van der Waals surface area contributed by atoms with Crippen LogP contribution >= 0.6 is 0 Å². The highest BCUT2D eigenvalue weighted by molar-refractivity contribution is 4.95. The summed E-state index contributed by atoms with van der Waals surface area (Å²) in [7, 11) is 0. The quantitative estimate of drug-likeness (QED) is 0.718. The van der Waals surface area contributed by atoms with Crippen LogP contribution in [0.4, 0.5) is 0 Å². The topological polar surface area (TPSA) is 64.1 Å². The van der Waals surface area contributed by atoms with Crippen LogP contribution in [0.1, 0.15) is 25.0 Å². The molecule has 0 bridgehead atoms. The molecule has 1 saturated carbocycles. The van der Waals surface area contributed by atoms with Crippen molar-refractivity contribution >= 4 is 0 Å². The summed E-state index contributed by atoms with van der Waals surface area (Å²) >= 11 is 0. The summed E-state index contributed by atoms with van der Waals surface area (Å²) < 4.78 is 4.74. The smallest absolute Gasteiger partial charge is 0.124 e. The zero-order chi connectivity index (χ0) is 9.10. The van der Waals surface area contributed by atoms with Gasteiger partial charge in [0.05, 0.1) is 5.69 Å². The third kappa shape index (κ3) is 2.29. The van der Waals surface area contributed by atoms with E-state index >= 15 is 0 Å². The van der Waals surface area contributed by atoms with Gasteiger partial charge in [-0.2, -0.15) is 0 Å². The molecule has 1 aromatic rings. The monoisotopic (exact) mass is 181 g/mol. The molecular weight excluding hydrogens is 166 g/mol. The standard InChI is InChI=1S/C9H15N3O/c10-7-1-2-8(5-7)11-6-9-3-4-13-12-9/h3-4,7-8,11H,1-2,5-6,10H2. The highest BCUT2D eigenvalue weighted by Gasteiger charge is 2.20. The molecule has 1 aromatic heterocycles. The Labute approximate surface area is 77.5 Å². The summed E-state index contributed by atoms with van der Waals surface area (Å²) in [4.78, 5) is 0. The lowest BCUT2D eigenvalue weighted by Gasteiger charge is -2.09. The Bertz CT molecular complexity index is 247. The number of hydrogen-bond donors (Lipinski definition) is 2. The molecule has 2 rings (SSSR count). The van der Waals surface area contributed by atoms with Gasteiger partial charge in [-0.3, -0.25) is 0 Å². The Morgan fingerprint density at radius 1 is 1.62 bits per heavy atom. The van der Waals surface area contributed by atoms with Crippen molar-refractivity contribution in [2.45, 2.75) is 37.9 Å². The normalized spacial score (nSPS) is 28.1. The van der Waals surface area contributed by atoms with Crippen LogP contribution in [0.2, 0.25) is 0 Å². The number of nitrogens with zero attached hydrogens (tertiary/aromatic N) is 1. The van der Waals surface area contributed by atoms with Gasteiger partial charge in [0.15, 0.2) is 0 Å². The lowest BCUT2D eigenvalue weighted by Crippen LogP contribution is -2.28. The van der Waals surface area contributed by atoms with Crippen LogP contribution in [0.5, 0.6) is 0 Å². The van der Waals surface area contributed by atoms with Gasteiger partial charge in [0.1, 0.15) is 6.26 Å². The van der Waals surface area contributed by atoms with E-state index in [-0.39, 0.29) is 0 Å². The molecule has 72 valence electrons. The third-order valence-electron chi connectivity index (χ3n) is 2.54. The van der Waals surface area contributed by atoms with Crippen molar-refractivity contribution in [1.29, 1.82) is 0 Å². The highest BCUT2D eigenvalue weighted by Crippen LogP contribution is 2.17. The minimum Gasteiger partial charge on any atom is -0.364 e. The van der Waals surface area contributed by atoms with Crippen molar-refractivity contribution < 1.29 is 4.52 Å². The number of nitrogens with two attached hydrogens (primary N) is 1. The van der Waals surface area contributed by atoms with E-state index in [1.54, 1.807) is 6.26 Å². The summed E-state index contributed by atoms with van der Waals surface area (Å²) in [6.45, 7) is 0.786. The molecule has 0 spiro atoms. The number of aromatic nitrogens is 1. The van der Waals surface area contributed by atoms with Gasteiger partial charge >= 0.3 is 0 Å². The maximum absolute atomic E-state index is 5.80. The SMILES string of the molecule is NC1CCC(NCc2ccon2)C1. The van der Waals surface area contributed by atoms with E-state index < -0.39 is 0 Å². The minimum absolute atomic E-state index is 0.384. The fourth-order valence-electron chi connectivity index (χ4n) is 1.78. The largest absolute Gasteiger partial charge is 0.364 e. The molecule has 1 heterocycles. The first-order valence-electron chi connectivity index (χ1n) is 4.73. The van der Waals surface area contributed by atoms with Gasteiger partial charge in [-0.25, -0.2) is 0 Å². The predicted octanol–water partition coefficient (Wildman–Crippen LogP) is 0.644. The van der Waals surface area contributed by atoms with E-state index in [9.17, 15) is 0 Å². The Balaban J connectivity index is 1.74. The molecule has 1 aliphatic rings. The van der Waals surface area contributed by atoms with E-state index in [0.29, 0.717) is 12.1 Å². The van der Waals surface area contributed by atoms with Crippen molar-refractivity contribution in [3.8, 4) is 0 Å². The van der Waals surface area contributed by atoms with Crippen molar-refractivity contribution in [3.05, 3.63) is 18.0 Å². The van der Waals surface area contributed by atoms with E-state index in [1.807, 2.05) is 6.07 Å². The van der Waals surface area contributed by atoms with Crippen LogP contribution in [-0.2, 0) is 6.54 Å². The zero-order valence-electron chi connectivity index (χ0n) is 7.57. The first kappa shape index (κ1) is 8.72. The highest BCUT2D eigenvalue weighted by atomic mass is 16.5. The van der Waals surface area contributed by atoms with Gasteiger partial charge in [-0.1, -0.05) is 5.16 Å². The van der Waals surface area contributed by atoms with Crippen molar-refractivity contribution in [2.24, 2.45) is 5.73 Å². The van der Waals surface area contributed by atoms with Gasteiger partial charge in [0, 0.05) is 24.7 Å². The average Bonchev–Trinajstić information content (AvgIpc) is 2.71. The van der Waals surface area contributed by atoms with Crippen molar-refractivity contribution in [2.75, 3.05) is 0 Å². The average molecular weight is 181 g/mol. The van der Waals surface area contributed by atoms with Gasteiger partial charge in [0.2, 0.25) is 0 Å². The second kappa shape index (κ2) is 3.89. The van der Waals surface area contributed by atoms with Gasteiger partial charge in [0.25, 0.3) is 0 Å². The molecule has 1 fully saturated rings. The van der Waals surface area contributed by atoms with Crippen LogP contribution in [0.25, 0.3) is 0 Å². The van der Waals surface area contributed by atoms with E-state index in [1.165, 1.54) is 6.42 Å². The van der Waals surface area contributed by atoms with Crippen LogP contribution in [0.3, 0.4) is 0 Å². The molecule has 13 heavy (non-hydrogen) atoms. The van der Waals surface area contributed by atoms with Crippen molar-refractivity contribution in [1.82, 2.24) is 10.5 Å². The lowest BCUT2D eigenvalue weighted by molar-refractivity contribution is 0.404. The van der Waals surface area contributed by atoms with Crippen LogP contribution in [-0.4, -0.2) is 17.2 Å². The molecule has 2 atom stereocenters. The number of nitrogens with one attached hydrogen (secondary N) is 1. The van der Waals surface area contributed by atoms with E-state index in [0.717, 1.165) is 25.1 Å². The van der Waals surface area contributed by atoms with Crippen molar-refractivity contribution in [3.63, 3.8) is 0 Å². The van der Waals surface area contributed by atoms with Gasteiger partial charge in [-0.15, -0.1) is 0 Å². The summed E-state index contributed by atoms with van der Waals surface area (Å²) in [5, 5.41) is 7.24. The maximum Gasteiger partial charge on any atom is 0.124 e. The minimum atomic E-state index is 0.384. The molecule has 0 radical (unpaired) electrons. The van der Waals surface area contributed by atoms with E-state index in [2.05, 4.69) is 10.5 Å². The second-order valence-electron chi connectivity index (χ2n) is 3.64. The zero-order valence-corrected chi connectivity index (χ0v) is 7.57. The van der Waals surface area contributed by atoms with Crippen LogP contribution < -0.4 is 11.1 Å². The Kier molecular flexibility index (Phi) is 2.61. The first-order chi connectivity index (χ1) is 6.34. The molecular formula is C9H15N3O. The molecule has 0 amide bonds. The van der Waals surface area contributed by atoms with Gasteiger partial charge < -0.3 is 15.6 Å². The molecule has 2 unspecified atom stereocenters. The Morgan fingerprint density at radius 3 is 3.15 bits per heavy atom. The lowest BCUT2D eigenvalue weighted by atomic mass is 10.2. The molecule has 1 aliphatic carbocycles. The molecule has 0 aliphatic heterocycles. The summed E-state index contributed by atoms with van der Waals surface area (Å²) in [6, 6.07) is 2.82. The molecule has 0 saturated heterocycles.